The number of benzene rings is 1. The third kappa shape index (κ3) is 1.67. The van der Waals surface area contributed by atoms with Crippen molar-refractivity contribution in [1.82, 2.24) is 4.98 Å². The van der Waals surface area contributed by atoms with Crippen molar-refractivity contribution in [1.29, 1.82) is 0 Å². The van der Waals surface area contributed by atoms with Gasteiger partial charge in [-0.2, -0.15) is 0 Å². The van der Waals surface area contributed by atoms with Crippen LogP contribution in [-0.4, -0.2) is 24.3 Å². The molecule has 4 nitrogen and oxygen atoms in total. The molecule has 1 heterocycles. The van der Waals surface area contributed by atoms with Crippen molar-refractivity contribution in [2.45, 2.75) is 6.61 Å². The van der Waals surface area contributed by atoms with E-state index in [1.807, 2.05) is 12.1 Å². The molecule has 0 atom stereocenters. The van der Waals surface area contributed by atoms with Crippen LogP contribution in [0.5, 0.6) is 11.5 Å². The van der Waals surface area contributed by atoms with Gasteiger partial charge < -0.3 is 14.6 Å². The second kappa shape index (κ2) is 4.37. The zero-order chi connectivity index (χ0) is 11.5. The monoisotopic (exact) mass is 219 g/mol. The minimum atomic E-state index is -0.0870. The van der Waals surface area contributed by atoms with Crippen LogP contribution in [0.4, 0.5) is 0 Å². The maximum absolute atomic E-state index is 9.05. The molecule has 1 aromatic carbocycles. The van der Waals surface area contributed by atoms with Crippen LogP contribution in [0.3, 0.4) is 0 Å². The number of hydrogen-bond donors (Lipinski definition) is 1. The smallest absolute Gasteiger partial charge is 0.145 e. The zero-order valence-electron chi connectivity index (χ0n) is 9.23. The van der Waals surface area contributed by atoms with E-state index < -0.39 is 0 Å². The predicted molar refractivity (Wildman–Crippen MR) is 60.8 cm³/mol. The van der Waals surface area contributed by atoms with Crippen LogP contribution in [0.2, 0.25) is 0 Å². The first kappa shape index (κ1) is 10.7. The number of rotatable bonds is 3. The Labute approximate surface area is 93.4 Å². The minimum Gasteiger partial charge on any atom is -0.496 e. The van der Waals surface area contributed by atoms with Gasteiger partial charge >= 0.3 is 0 Å². The van der Waals surface area contributed by atoms with Gasteiger partial charge in [0.2, 0.25) is 0 Å². The van der Waals surface area contributed by atoms with Gasteiger partial charge in [0, 0.05) is 5.39 Å². The summed E-state index contributed by atoms with van der Waals surface area (Å²) in [5, 5.41) is 9.93. The number of ether oxygens (including phenoxy) is 2. The standard InChI is InChI=1S/C12H13NO3/c1-15-10-5-6-11(16-2)12-9(10)4-3-8(7-14)13-12/h3-6,14H,7H2,1-2H3. The molecule has 1 N–H and O–H groups in total. The molecular weight excluding hydrogens is 206 g/mol. The summed E-state index contributed by atoms with van der Waals surface area (Å²) < 4.78 is 10.5. The van der Waals surface area contributed by atoms with Crippen LogP contribution >= 0.6 is 0 Å². The first-order valence-corrected chi connectivity index (χ1v) is 4.91. The number of pyridine rings is 1. The Morgan fingerprint density at radius 2 is 1.75 bits per heavy atom. The van der Waals surface area contributed by atoms with Crippen molar-refractivity contribution in [3.05, 3.63) is 30.0 Å². The topological polar surface area (TPSA) is 51.6 Å². The lowest BCUT2D eigenvalue weighted by Gasteiger charge is -2.09. The van der Waals surface area contributed by atoms with Gasteiger partial charge in [-0.15, -0.1) is 0 Å². The Morgan fingerprint density at radius 1 is 1.06 bits per heavy atom. The van der Waals surface area contributed by atoms with E-state index in [1.54, 1.807) is 26.4 Å². The fourth-order valence-corrected chi connectivity index (χ4v) is 1.64. The normalized spacial score (nSPS) is 10.4. The molecule has 0 aliphatic rings. The van der Waals surface area contributed by atoms with E-state index in [9.17, 15) is 0 Å². The summed E-state index contributed by atoms with van der Waals surface area (Å²) in [6.07, 6.45) is 0. The van der Waals surface area contributed by atoms with Gasteiger partial charge in [0.05, 0.1) is 26.5 Å². The molecule has 2 rings (SSSR count). The summed E-state index contributed by atoms with van der Waals surface area (Å²) >= 11 is 0. The summed E-state index contributed by atoms with van der Waals surface area (Å²) in [6.45, 7) is -0.0870. The largest absolute Gasteiger partial charge is 0.496 e. The summed E-state index contributed by atoms with van der Waals surface area (Å²) in [7, 11) is 3.20. The van der Waals surface area contributed by atoms with Crippen LogP contribution in [0.25, 0.3) is 10.9 Å². The molecule has 16 heavy (non-hydrogen) atoms. The quantitative estimate of drug-likeness (QED) is 0.854. The Morgan fingerprint density at radius 3 is 2.38 bits per heavy atom. The van der Waals surface area contributed by atoms with Crippen LogP contribution in [0.1, 0.15) is 5.69 Å². The highest BCUT2D eigenvalue weighted by Gasteiger charge is 2.08. The third-order valence-corrected chi connectivity index (χ3v) is 2.44. The molecule has 0 aliphatic heterocycles. The molecule has 2 aromatic rings. The molecule has 0 bridgehead atoms. The fraction of sp³-hybridized carbons (Fsp3) is 0.250. The average molecular weight is 219 g/mol. The maximum Gasteiger partial charge on any atom is 0.145 e. The van der Waals surface area contributed by atoms with Crippen molar-refractivity contribution < 1.29 is 14.6 Å². The SMILES string of the molecule is COc1ccc(OC)c2nc(CO)ccc12. The van der Waals surface area contributed by atoms with E-state index in [2.05, 4.69) is 4.98 Å². The molecule has 4 heteroatoms. The molecule has 0 unspecified atom stereocenters. The molecule has 0 saturated heterocycles. The summed E-state index contributed by atoms with van der Waals surface area (Å²) in [6, 6.07) is 7.27. The number of aliphatic hydroxyl groups is 1. The first-order chi connectivity index (χ1) is 7.80. The minimum absolute atomic E-state index is 0.0870. The summed E-state index contributed by atoms with van der Waals surface area (Å²) in [5.74, 6) is 1.42. The van der Waals surface area contributed by atoms with Gasteiger partial charge in [-0.25, -0.2) is 4.98 Å². The van der Waals surface area contributed by atoms with Gasteiger partial charge in [-0.1, -0.05) is 0 Å². The molecule has 84 valence electrons. The molecule has 0 spiro atoms. The van der Waals surface area contributed by atoms with E-state index in [-0.39, 0.29) is 6.61 Å². The van der Waals surface area contributed by atoms with E-state index in [4.69, 9.17) is 14.6 Å². The lowest BCUT2D eigenvalue weighted by atomic mass is 10.1. The Bertz CT molecular complexity index is 511. The Kier molecular flexibility index (Phi) is 2.92. The predicted octanol–water partition coefficient (Wildman–Crippen LogP) is 1.74. The van der Waals surface area contributed by atoms with E-state index in [0.717, 1.165) is 11.1 Å². The summed E-state index contributed by atoms with van der Waals surface area (Å²) in [4.78, 5) is 4.32. The van der Waals surface area contributed by atoms with Crippen LogP contribution in [0.15, 0.2) is 24.3 Å². The number of fused-ring (bicyclic) bond motifs is 1. The third-order valence-electron chi connectivity index (χ3n) is 2.44. The van der Waals surface area contributed by atoms with E-state index >= 15 is 0 Å². The highest BCUT2D eigenvalue weighted by Crippen LogP contribution is 2.31. The van der Waals surface area contributed by atoms with Gasteiger partial charge in [-0.05, 0) is 24.3 Å². The zero-order valence-corrected chi connectivity index (χ0v) is 9.23. The summed E-state index contributed by atoms with van der Waals surface area (Å²) in [5.41, 5.74) is 1.31. The van der Waals surface area contributed by atoms with Gasteiger partial charge in [0.15, 0.2) is 0 Å². The molecule has 0 radical (unpaired) electrons. The second-order valence-corrected chi connectivity index (χ2v) is 3.33. The number of hydrogen-bond acceptors (Lipinski definition) is 4. The van der Waals surface area contributed by atoms with Crippen molar-refractivity contribution in [3.8, 4) is 11.5 Å². The average Bonchev–Trinajstić information content (AvgIpc) is 2.36. The Hall–Kier alpha value is -1.81. The lowest BCUT2D eigenvalue weighted by molar-refractivity contribution is 0.277. The first-order valence-electron chi connectivity index (χ1n) is 4.91. The van der Waals surface area contributed by atoms with Gasteiger partial charge in [0.25, 0.3) is 0 Å². The molecule has 1 aromatic heterocycles. The second-order valence-electron chi connectivity index (χ2n) is 3.33. The number of aromatic nitrogens is 1. The number of aliphatic hydroxyl groups excluding tert-OH is 1. The Balaban J connectivity index is 2.74. The number of nitrogens with zero attached hydrogens (tertiary/aromatic N) is 1. The van der Waals surface area contributed by atoms with Crippen molar-refractivity contribution in [3.63, 3.8) is 0 Å². The van der Waals surface area contributed by atoms with E-state index in [0.29, 0.717) is 17.0 Å². The molecule has 0 amide bonds. The highest BCUT2D eigenvalue weighted by atomic mass is 16.5. The number of methoxy groups -OCH3 is 2. The molecule has 0 aliphatic carbocycles. The van der Waals surface area contributed by atoms with Crippen molar-refractivity contribution >= 4 is 10.9 Å². The lowest BCUT2D eigenvalue weighted by Crippen LogP contribution is -1.94. The molecule has 0 saturated carbocycles. The fourth-order valence-electron chi connectivity index (χ4n) is 1.64. The van der Waals surface area contributed by atoms with Gasteiger partial charge in [0.1, 0.15) is 17.0 Å². The van der Waals surface area contributed by atoms with Crippen LogP contribution in [0, 0.1) is 0 Å². The van der Waals surface area contributed by atoms with Crippen LogP contribution in [-0.2, 0) is 6.61 Å². The molecular formula is C12H13NO3. The maximum atomic E-state index is 9.05. The van der Waals surface area contributed by atoms with Crippen LogP contribution < -0.4 is 9.47 Å². The van der Waals surface area contributed by atoms with E-state index in [1.165, 1.54) is 0 Å². The van der Waals surface area contributed by atoms with Crippen molar-refractivity contribution in [2.24, 2.45) is 0 Å². The van der Waals surface area contributed by atoms with Gasteiger partial charge in [-0.3, -0.25) is 0 Å². The highest BCUT2D eigenvalue weighted by molar-refractivity contribution is 5.90. The molecule has 0 fully saturated rings. The van der Waals surface area contributed by atoms with Crippen molar-refractivity contribution in [2.75, 3.05) is 14.2 Å².